The lowest BCUT2D eigenvalue weighted by Crippen LogP contribution is -2.38. The number of nitrogens with zero attached hydrogens (tertiary/aromatic N) is 1. The first kappa shape index (κ1) is 16.2. The molecule has 2 aromatic rings. The maximum absolute atomic E-state index is 12.0. The molecule has 0 unspecified atom stereocenters. The number of aromatic nitrogens is 1. The molecule has 6 nitrogen and oxygen atoms in total. The van der Waals surface area contributed by atoms with Crippen molar-refractivity contribution in [1.29, 1.82) is 0 Å². The van der Waals surface area contributed by atoms with Crippen LogP contribution in [0.3, 0.4) is 0 Å². The number of benzene rings is 1. The van der Waals surface area contributed by atoms with Crippen LogP contribution in [0.2, 0.25) is 0 Å². The van der Waals surface area contributed by atoms with Gasteiger partial charge >= 0.3 is 0 Å². The molecule has 0 spiro atoms. The molecule has 1 heterocycles. The molecule has 2 N–H and O–H groups in total. The third-order valence-corrected chi connectivity index (χ3v) is 3.91. The van der Waals surface area contributed by atoms with Gasteiger partial charge in [-0.15, -0.1) is 0 Å². The maximum Gasteiger partial charge on any atom is 0.239 e. The van der Waals surface area contributed by atoms with Gasteiger partial charge in [0.25, 0.3) is 0 Å². The van der Waals surface area contributed by atoms with E-state index in [1.165, 1.54) is 0 Å². The lowest BCUT2D eigenvalue weighted by atomic mass is 10.1. The van der Waals surface area contributed by atoms with E-state index in [2.05, 4.69) is 15.6 Å². The molecule has 0 atom stereocenters. The van der Waals surface area contributed by atoms with Gasteiger partial charge in [0.05, 0.1) is 18.7 Å². The number of hydrogen-bond donors (Lipinski definition) is 2. The first-order valence-corrected chi connectivity index (χ1v) is 8.10. The molecule has 0 saturated heterocycles. The molecule has 0 radical (unpaired) electrons. The zero-order chi connectivity index (χ0) is 17.1. The van der Waals surface area contributed by atoms with Crippen LogP contribution < -0.4 is 10.6 Å². The number of amides is 2. The summed E-state index contributed by atoms with van der Waals surface area (Å²) >= 11 is 0. The second-order valence-corrected chi connectivity index (χ2v) is 6.18. The molecule has 1 aromatic carbocycles. The van der Waals surface area contributed by atoms with Gasteiger partial charge in [0.2, 0.25) is 17.7 Å². The van der Waals surface area contributed by atoms with Gasteiger partial charge in [0.1, 0.15) is 5.76 Å². The van der Waals surface area contributed by atoms with Gasteiger partial charge in [-0.05, 0) is 38.8 Å². The van der Waals surface area contributed by atoms with E-state index in [9.17, 15) is 9.59 Å². The number of aryl methyl sites for hydroxylation is 2. The number of carbonyl (C=O) groups is 2. The van der Waals surface area contributed by atoms with E-state index >= 15 is 0 Å². The number of rotatable bonds is 6. The van der Waals surface area contributed by atoms with Crippen molar-refractivity contribution in [2.75, 3.05) is 6.54 Å². The molecule has 126 valence electrons. The Balaban J connectivity index is 1.57. The molecular formula is C18H21N3O3. The van der Waals surface area contributed by atoms with Gasteiger partial charge in [-0.1, -0.05) is 17.7 Å². The zero-order valence-electron chi connectivity index (χ0n) is 13.9. The van der Waals surface area contributed by atoms with Crippen molar-refractivity contribution < 1.29 is 14.0 Å². The highest BCUT2D eigenvalue weighted by Gasteiger charge is 2.23. The Morgan fingerprint density at radius 1 is 1.17 bits per heavy atom. The molecular weight excluding hydrogens is 306 g/mol. The van der Waals surface area contributed by atoms with Crippen molar-refractivity contribution in [3.8, 4) is 11.5 Å². The van der Waals surface area contributed by atoms with Crippen molar-refractivity contribution in [1.82, 2.24) is 15.6 Å². The summed E-state index contributed by atoms with van der Waals surface area (Å²) in [5.74, 6) is 0.723. The molecule has 24 heavy (non-hydrogen) atoms. The van der Waals surface area contributed by atoms with Crippen LogP contribution in [0.1, 0.15) is 29.9 Å². The van der Waals surface area contributed by atoms with Crippen LogP contribution in [-0.4, -0.2) is 29.4 Å². The summed E-state index contributed by atoms with van der Waals surface area (Å²) in [6.07, 6.45) is 2.15. The number of carbonyl (C=O) groups excluding carboxylic acids is 2. The fourth-order valence-electron chi connectivity index (χ4n) is 2.31. The number of nitrogens with one attached hydrogen (secondary N) is 2. The van der Waals surface area contributed by atoms with E-state index in [1.807, 2.05) is 31.2 Å². The fourth-order valence-corrected chi connectivity index (χ4v) is 2.31. The van der Waals surface area contributed by atoms with E-state index in [-0.39, 0.29) is 24.8 Å². The lowest BCUT2D eigenvalue weighted by molar-refractivity contribution is -0.125. The van der Waals surface area contributed by atoms with Gasteiger partial charge in [-0.3, -0.25) is 9.59 Å². The summed E-state index contributed by atoms with van der Waals surface area (Å²) < 4.78 is 5.66. The summed E-state index contributed by atoms with van der Waals surface area (Å²) in [4.78, 5) is 28.0. The topological polar surface area (TPSA) is 84.2 Å². The van der Waals surface area contributed by atoms with Crippen molar-refractivity contribution >= 4 is 11.8 Å². The molecule has 2 amide bonds. The SMILES string of the molecule is Cc1ccc(-c2nc(CC(=O)NCC(=O)NC3CC3)c(C)o2)cc1. The van der Waals surface area contributed by atoms with Crippen molar-refractivity contribution in [2.24, 2.45) is 0 Å². The Morgan fingerprint density at radius 2 is 1.88 bits per heavy atom. The van der Waals surface area contributed by atoms with E-state index in [0.717, 1.165) is 24.0 Å². The minimum absolute atomic E-state index is 0.00292. The largest absolute Gasteiger partial charge is 0.441 e. The molecule has 0 aliphatic heterocycles. The van der Waals surface area contributed by atoms with Crippen LogP contribution in [0.5, 0.6) is 0 Å². The summed E-state index contributed by atoms with van der Waals surface area (Å²) in [5.41, 5.74) is 2.62. The van der Waals surface area contributed by atoms with Gasteiger partial charge in [-0.25, -0.2) is 4.98 Å². The smallest absolute Gasteiger partial charge is 0.239 e. The van der Waals surface area contributed by atoms with Gasteiger partial charge in [0.15, 0.2) is 0 Å². The fraction of sp³-hybridized carbons (Fsp3) is 0.389. The van der Waals surface area contributed by atoms with Crippen molar-refractivity contribution in [3.05, 3.63) is 41.3 Å². The molecule has 1 aromatic heterocycles. The van der Waals surface area contributed by atoms with Crippen LogP contribution in [0.4, 0.5) is 0 Å². The van der Waals surface area contributed by atoms with E-state index in [4.69, 9.17) is 4.42 Å². The van der Waals surface area contributed by atoms with E-state index in [1.54, 1.807) is 6.92 Å². The number of hydrogen-bond acceptors (Lipinski definition) is 4. The first-order chi connectivity index (χ1) is 11.5. The maximum atomic E-state index is 12.0. The summed E-state index contributed by atoms with van der Waals surface area (Å²) in [6.45, 7) is 3.80. The summed E-state index contributed by atoms with van der Waals surface area (Å²) in [6, 6.07) is 8.14. The zero-order valence-corrected chi connectivity index (χ0v) is 13.9. The lowest BCUT2D eigenvalue weighted by Gasteiger charge is -2.05. The highest BCUT2D eigenvalue weighted by Crippen LogP contribution is 2.22. The molecule has 1 saturated carbocycles. The Labute approximate surface area is 140 Å². The van der Waals surface area contributed by atoms with Crippen LogP contribution in [0.15, 0.2) is 28.7 Å². The van der Waals surface area contributed by atoms with E-state index in [0.29, 0.717) is 23.4 Å². The third-order valence-electron chi connectivity index (χ3n) is 3.91. The monoisotopic (exact) mass is 327 g/mol. The van der Waals surface area contributed by atoms with Crippen LogP contribution >= 0.6 is 0 Å². The molecule has 1 fully saturated rings. The Morgan fingerprint density at radius 3 is 2.54 bits per heavy atom. The molecule has 3 rings (SSSR count). The average Bonchev–Trinajstić information content (AvgIpc) is 3.29. The summed E-state index contributed by atoms with van der Waals surface area (Å²) in [7, 11) is 0. The number of oxazole rings is 1. The molecule has 1 aliphatic rings. The molecule has 1 aliphatic carbocycles. The second kappa shape index (κ2) is 6.86. The molecule has 6 heteroatoms. The highest BCUT2D eigenvalue weighted by molar-refractivity contribution is 5.85. The van der Waals surface area contributed by atoms with Crippen molar-refractivity contribution in [3.63, 3.8) is 0 Å². The van der Waals surface area contributed by atoms with Crippen molar-refractivity contribution in [2.45, 2.75) is 39.2 Å². The molecule has 0 bridgehead atoms. The predicted molar refractivity (Wildman–Crippen MR) is 89.3 cm³/mol. The minimum atomic E-state index is -0.243. The Bertz CT molecular complexity index is 745. The Hall–Kier alpha value is -2.63. The van der Waals surface area contributed by atoms with Gasteiger partial charge in [0, 0.05) is 11.6 Å². The summed E-state index contributed by atoms with van der Waals surface area (Å²) in [5, 5.41) is 5.44. The van der Waals surface area contributed by atoms with Gasteiger partial charge < -0.3 is 15.1 Å². The van der Waals surface area contributed by atoms with E-state index < -0.39 is 0 Å². The Kier molecular flexibility index (Phi) is 4.64. The van der Waals surface area contributed by atoms with Crippen LogP contribution in [0, 0.1) is 13.8 Å². The normalized spacial score (nSPS) is 13.6. The highest BCUT2D eigenvalue weighted by atomic mass is 16.4. The van der Waals surface area contributed by atoms with Crippen LogP contribution in [-0.2, 0) is 16.0 Å². The predicted octanol–water partition coefficient (Wildman–Crippen LogP) is 1.90. The first-order valence-electron chi connectivity index (χ1n) is 8.10. The average molecular weight is 327 g/mol. The van der Waals surface area contributed by atoms with Gasteiger partial charge in [-0.2, -0.15) is 0 Å². The standard InChI is InChI=1S/C18H21N3O3/c1-11-3-5-13(6-4-11)18-21-15(12(2)24-18)9-16(22)19-10-17(23)20-14-7-8-14/h3-6,14H,7-10H2,1-2H3,(H,19,22)(H,20,23). The third kappa shape index (κ3) is 4.22. The minimum Gasteiger partial charge on any atom is -0.441 e. The second-order valence-electron chi connectivity index (χ2n) is 6.18. The quantitative estimate of drug-likeness (QED) is 0.848. The van der Waals surface area contributed by atoms with Crippen LogP contribution in [0.25, 0.3) is 11.5 Å².